The number of rotatable bonds is 5. The molecule has 3 rings (SSSR count). The van der Waals surface area contributed by atoms with Gasteiger partial charge in [-0.3, -0.25) is 0 Å². The van der Waals surface area contributed by atoms with E-state index in [-0.39, 0.29) is 0 Å². The number of hydrogen-bond acceptors (Lipinski definition) is 3. The summed E-state index contributed by atoms with van der Waals surface area (Å²) in [6.07, 6.45) is 4.86. The van der Waals surface area contributed by atoms with Crippen molar-refractivity contribution in [2.24, 2.45) is 0 Å². The molecule has 3 nitrogen and oxygen atoms in total. The number of hydrogen-bond donors (Lipinski definition) is 0. The van der Waals surface area contributed by atoms with Crippen LogP contribution in [0.2, 0.25) is 0 Å². The van der Waals surface area contributed by atoms with Crippen LogP contribution >= 0.6 is 0 Å². The smallest absolute Gasteiger partial charge is 0.130 e. The Morgan fingerprint density at radius 3 is 2.85 bits per heavy atom. The third-order valence-electron chi connectivity index (χ3n) is 3.86. The van der Waals surface area contributed by atoms with Crippen molar-refractivity contribution in [3.63, 3.8) is 0 Å². The van der Waals surface area contributed by atoms with Crippen molar-refractivity contribution in [1.29, 1.82) is 5.26 Å². The summed E-state index contributed by atoms with van der Waals surface area (Å²) in [5, 5.41) is 10.3. The maximum Gasteiger partial charge on any atom is 0.130 e. The number of benzene rings is 1. The Morgan fingerprint density at radius 2 is 2.15 bits per heavy atom. The Morgan fingerprint density at radius 1 is 1.35 bits per heavy atom. The zero-order valence-corrected chi connectivity index (χ0v) is 11.8. The lowest BCUT2D eigenvalue weighted by Crippen LogP contribution is -2.27. The topological polar surface area (TPSA) is 39.9 Å². The molecule has 1 heterocycles. The predicted molar refractivity (Wildman–Crippen MR) is 81.7 cm³/mol. The van der Waals surface area contributed by atoms with Gasteiger partial charge in [-0.2, -0.15) is 5.26 Å². The number of para-hydroxylation sites is 1. The molecule has 0 spiro atoms. The van der Waals surface area contributed by atoms with Gasteiger partial charge in [-0.25, -0.2) is 4.98 Å². The molecule has 1 fully saturated rings. The maximum absolute atomic E-state index is 9.38. The highest BCUT2D eigenvalue weighted by molar-refractivity contribution is 5.86. The molecule has 0 N–H and O–H groups in total. The van der Waals surface area contributed by atoms with Crippen LogP contribution in [0.3, 0.4) is 0 Å². The van der Waals surface area contributed by atoms with Crippen LogP contribution in [0.4, 0.5) is 5.82 Å². The highest BCUT2D eigenvalue weighted by Gasteiger charge is 2.29. The third kappa shape index (κ3) is 2.46. The van der Waals surface area contributed by atoms with Gasteiger partial charge in [-0.1, -0.05) is 31.5 Å². The second-order valence-electron chi connectivity index (χ2n) is 5.44. The molecule has 3 heteroatoms. The van der Waals surface area contributed by atoms with Gasteiger partial charge in [-0.15, -0.1) is 0 Å². The first-order valence-corrected chi connectivity index (χ1v) is 7.40. The SMILES string of the molecule is CCCCN(c1cc(C#N)c2ccccc2n1)C1CC1. The summed E-state index contributed by atoms with van der Waals surface area (Å²) in [5.41, 5.74) is 1.65. The standard InChI is InChI=1S/C17H19N3/c1-2-3-10-20(14-8-9-14)17-11-13(12-18)15-6-4-5-7-16(15)19-17/h4-7,11,14H,2-3,8-10H2,1H3. The summed E-state index contributed by atoms with van der Waals surface area (Å²) in [6.45, 7) is 3.25. The van der Waals surface area contributed by atoms with Crippen LogP contribution in [0, 0.1) is 11.3 Å². The molecule has 0 saturated heterocycles. The zero-order valence-electron chi connectivity index (χ0n) is 11.8. The number of nitrogens with zero attached hydrogens (tertiary/aromatic N) is 3. The largest absolute Gasteiger partial charge is 0.354 e. The lowest BCUT2D eigenvalue weighted by Gasteiger charge is -2.24. The van der Waals surface area contributed by atoms with Gasteiger partial charge in [0.1, 0.15) is 5.82 Å². The number of nitriles is 1. The van der Waals surface area contributed by atoms with Crippen molar-refractivity contribution in [2.75, 3.05) is 11.4 Å². The Hall–Kier alpha value is -2.08. The van der Waals surface area contributed by atoms with E-state index in [9.17, 15) is 5.26 Å². The van der Waals surface area contributed by atoms with Crippen LogP contribution in [-0.4, -0.2) is 17.6 Å². The summed E-state index contributed by atoms with van der Waals surface area (Å²) in [7, 11) is 0. The van der Waals surface area contributed by atoms with Crippen molar-refractivity contribution in [2.45, 2.75) is 38.6 Å². The monoisotopic (exact) mass is 265 g/mol. The summed E-state index contributed by atoms with van der Waals surface area (Å²) >= 11 is 0. The predicted octanol–water partition coefficient (Wildman–Crippen LogP) is 3.88. The van der Waals surface area contributed by atoms with E-state index in [1.807, 2.05) is 30.3 Å². The van der Waals surface area contributed by atoms with Gasteiger partial charge in [0.15, 0.2) is 0 Å². The number of anilines is 1. The molecule has 102 valence electrons. The van der Waals surface area contributed by atoms with Crippen LogP contribution in [0.1, 0.15) is 38.2 Å². The molecule has 20 heavy (non-hydrogen) atoms. The summed E-state index contributed by atoms with van der Waals surface area (Å²) in [5.74, 6) is 0.969. The Bertz CT molecular complexity index is 653. The molecule has 0 radical (unpaired) electrons. The Balaban J connectivity index is 2.03. The van der Waals surface area contributed by atoms with Crippen molar-refractivity contribution in [1.82, 2.24) is 4.98 Å². The van der Waals surface area contributed by atoms with E-state index < -0.39 is 0 Å². The fraction of sp³-hybridized carbons (Fsp3) is 0.412. The van der Waals surface area contributed by atoms with Crippen LogP contribution < -0.4 is 4.90 Å². The van der Waals surface area contributed by atoms with E-state index in [2.05, 4.69) is 17.9 Å². The minimum absolute atomic E-state index is 0.627. The van der Waals surface area contributed by atoms with Crippen molar-refractivity contribution < 1.29 is 0 Å². The molecule has 2 aromatic rings. The minimum atomic E-state index is 0.627. The molecule has 0 atom stereocenters. The quantitative estimate of drug-likeness (QED) is 0.823. The van der Waals surface area contributed by atoms with Gasteiger partial charge in [-0.05, 0) is 31.4 Å². The van der Waals surface area contributed by atoms with Gasteiger partial charge in [0.05, 0.1) is 17.1 Å². The number of pyridine rings is 1. The maximum atomic E-state index is 9.38. The first-order chi connectivity index (χ1) is 9.83. The second-order valence-corrected chi connectivity index (χ2v) is 5.44. The molecule has 1 aliphatic carbocycles. The first kappa shape index (κ1) is 12.9. The molecule has 0 bridgehead atoms. The molecule has 1 aliphatic rings. The van der Waals surface area contributed by atoms with Crippen LogP contribution in [0.5, 0.6) is 0 Å². The molecule has 0 unspecified atom stereocenters. The normalized spacial score (nSPS) is 14.2. The van der Waals surface area contributed by atoms with Gasteiger partial charge in [0, 0.05) is 18.0 Å². The van der Waals surface area contributed by atoms with E-state index >= 15 is 0 Å². The molecule has 1 aromatic carbocycles. The first-order valence-electron chi connectivity index (χ1n) is 7.40. The number of aromatic nitrogens is 1. The van der Waals surface area contributed by atoms with Crippen molar-refractivity contribution >= 4 is 16.7 Å². The fourth-order valence-electron chi connectivity index (χ4n) is 2.60. The van der Waals surface area contributed by atoms with Crippen LogP contribution in [0.25, 0.3) is 10.9 Å². The fourth-order valence-corrected chi connectivity index (χ4v) is 2.60. The highest BCUT2D eigenvalue weighted by Crippen LogP contribution is 2.32. The van der Waals surface area contributed by atoms with E-state index in [0.29, 0.717) is 6.04 Å². The van der Waals surface area contributed by atoms with Gasteiger partial charge >= 0.3 is 0 Å². The van der Waals surface area contributed by atoms with Crippen molar-refractivity contribution in [3.05, 3.63) is 35.9 Å². The van der Waals surface area contributed by atoms with Crippen LogP contribution in [0.15, 0.2) is 30.3 Å². The number of fused-ring (bicyclic) bond motifs is 1. The summed E-state index contributed by atoms with van der Waals surface area (Å²) in [4.78, 5) is 7.16. The average molecular weight is 265 g/mol. The molecule has 1 saturated carbocycles. The molecule has 0 aliphatic heterocycles. The van der Waals surface area contributed by atoms with E-state index in [1.165, 1.54) is 25.7 Å². The second kappa shape index (κ2) is 5.50. The highest BCUT2D eigenvalue weighted by atomic mass is 15.2. The molecule has 0 amide bonds. The van der Waals surface area contributed by atoms with E-state index in [1.54, 1.807) is 0 Å². The lowest BCUT2D eigenvalue weighted by atomic mass is 10.1. The minimum Gasteiger partial charge on any atom is -0.354 e. The summed E-state index contributed by atoms with van der Waals surface area (Å²) < 4.78 is 0. The van der Waals surface area contributed by atoms with E-state index in [0.717, 1.165) is 28.8 Å². The van der Waals surface area contributed by atoms with Crippen LogP contribution in [-0.2, 0) is 0 Å². The number of unbranched alkanes of at least 4 members (excludes halogenated alkanes) is 1. The molecule has 1 aromatic heterocycles. The lowest BCUT2D eigenvalue weighted by molar-refractivity contribution is 0.706. The van der Waals surface area contributed by atoms with Crippen molar-refractivity contribution in [3.8, 4) is 6.07 Å². The average Bonchev–Trinajstić information content (AvgIpc) is 3.31. The van der Waals surface area contributed by atoms with E-state index in [4.69, 9.17) is 4.98 Å². The summed E-state index contributed by atoms with van der Waals surface area (Å²) in [6, 6.07) is 12.8. The molecular weight excluding hydrogens is 246 g/mol. The Kier molecular flexibility index (Phi) is 3.56. The van der Waals surface area contributed by atoms with Gasteiger partial charge < -0.3 is 4.90 Å². The third-order valence-corrected chi connectivity index (χ3v) is 3.86. The molecular formula is C17H19N3. The zero-order chi connectivity index (χ0) is 13.9. The Labute approximate surface area is 119 Å². The van der Waals surface area contributed by atoms with Gasteiger partial charge in [0.25, 0.3) is 0 Å². The van der Waals surface area contributed by atoms with Gasteiger partial charge in [0.2, 0.25) is 0 Å².